The van der Waals surface area contributed by atoms with Crippen molar-refractivity contribution >= 4 is 17.3 Å². The molecular formula is C20H25N3O3. The van der Waals surface area contributed by atoms with E-state index in [4.69, 9.17) is 9.47 Å². The molecule has 2 aromatic rings. The number of piperidine rings is 1. The first-order chi connectivity index (χ1) is 12.6. The minimum atomic E-state index is -0.00661. The summed E-state index contributed by atoms with van der Waals surface area (Å²) in [6.07, 6.45) is 3.76. The number of hydrogen-bond donors (Lipinski definition) is 1. The van der Waals surface area contributed by atoms with E-state index in [-0.39, 0.29) is 5.91 Å². The zero-order chi connectivity index (χ0) is 18.5. The largest absolute Gasteiger partial charge is 0.493 e. The Morgan fingerprint density at radius 2 is 1.77 bits per heavy atom. The van der Waals surface area contributed by atoms with Gasteiger partial charge in [-0.15, -0.1) is 0 Å². The van der Waals surface area contributed by atoms with Crippen LogP contribution in [0.1, 0.15) is 30.3 Å². The lowest BCUT2D eigenvalue weighted by Gasteiger charge is -2.30. The van der Waals surface area contributed by atoms with Gasteiger partial charge in [-0.2, -0.15) is 0 Å². The predicted molar refractivity (Wildman–Crippen MR) is 101 cm³/mol. The summed E-state index contributed by atoms with van der Waals surface area (Å²) in [6.45, 7) is 3.83. The number of likely N-dealkylation sites (tertiary alicyclic amines) is 1. The van der Waals surface area contributed by atoms with Crippen molar-refractivity contribution in [1.29, 1.82) is 0 Å². The number of ether oxygens (including phenoxy) is 2. The Kier molecular flexibility index (Phi) is 5.61. The molecule has 138 valence electrons. The van der Waals surface area contributed by atoms with Gasteiger partial charge in [-0.25, -0.2) is 0 Å². The van der Waals surface area contributed by atoms with Crippen LogP contribution in [0.4, 0.5) is 11.4 Å². The highest BCUT2D eigenvalue weighted by atomic mass is 16.5. The van der Waals surface area contributed by atoms with Gasteiger partial charge >= 0.3 is 0 Å². The number of nitrogens with zero attached hydrogens (tertiary/aromatic N) is 2. The third-order valence-electron chi connectivity index (χ3n) is 4.72. The van der Waals surface area contributed by atoms with Gasteiger partial charge in [0.25, 0.3) is 5.91 Å². The van der Waals surface area contributed by atoms with E-state index in [1.54, 1.807) is 26.5 Å². The van der Waals surface area contributed by atoms with E-state index in [0.717, 1.165) is 37.3 Å². The highest BCUT2D eigenvalue weighted by molar-refractivity contribution is 5.93. The van der Waals surface area contributed by atoms with Gasteiger partial charge in [-0.1, -0.05) is 6.92 Å². The average Bonchev–Trinajstić information content (AvgIpc) is 2.68. The highest BCUT2D eigenvalue weighted by Crippen LogP contribution is 2.31. The van der Waals surface area contributed by atoms with Gasteiger partial charge in [0, 0.05) is 36.7 Å². The first-order valence-corrected chi connectivity index (χ1v) is 8.85. The maximum absolute atomic E-state index is 12.7. The van der Waals surface area contributed by atoms with Gasteiger partial charge in [0.05, 0.1) is 14.2 Å². The quantitative estimate of drug-likeness (QED) is 0.886. The zero-order valence-corrected chi connectivity index (χ0v) is 15.5. The second kappa shape index (κ2) is 8.08. The first-order valence-electron chi connectivity index (χ1n) is 8.85. The number of carbonyl (C=O) groups is 1. The topological polar surface area (TPSA) is 63.7 Å². The minimum Gasteiger partial charge on any atom is -0.493 e. The SMILES string of the molecule is COc1ccc(Nc2ccnc(C(=O)N3CCC(C)CC3)c2)cc1OC. The fourth-order valence-electron chi connectivity index (χ4n) is 3.08. The Bertz CT molecular complexity index is 771. The molecule has 1 fully saturated rings. The van der Waals surface area contributed by atoms with Crippen molar-refractivity contribution in [2.24, 2.45) is 5.92 Å². The van der Waals surface area contributed by atoms with E-state index in [9.17, 15) is 4.79 Å². The summed E-state index contributed by atoms with van der Waals surface area (Å²) >= 11 is 0. The Labute approximate surface area is 154 Å². The molecule has 0 atom stereocenters. The molecule has 1 aliphatic rings. The van der Waals surface area contributed by atoms with Crippen molar-refractivity contribution in [3.63, 3.8) is 0 Å². The number of nitrogens with one attached hydrogen (secondary N) is 1. The van der Waals surface area contributed by atoms with Crippen LogP contribution < -0.4 is 14.8 Å². The monoisotopic (exact) mass is 355 g/mol. The van der Waals surface area contributed by atoms with Crippen molar-refractivity contribution in [1.82, 2.24) is 9.88 Å². The van der Waals surface area contributed by atoms with E-state index < -0.39 is 0 Å². The number of anilines is 2. The molecule has 2 heterocycles. The van der Waals surface area contributed by atoms with Gasteiger partial charge in [0.15, 0.2) is 11.5 Å². The predicted octanol–water partition coefficient (Wildman–Crippen LogP) is 3.71. The number of carbonyl (C=O) groups excluding carboxylic acids is 1. The summed E-state index contributed by atoms with van der Waals surface area (Å²) in [5.41, 5.74) is 2.12. The maximum Gasteiger partial charge on any atom is 0.272 e. The lowest BCUT2D eigenvalue weighted by molar-refractivity contribution is 0.0691. The van der Waals surface area contributed by atoms with Gasteiger partial charge in [-0.05, 0) is 43.0 Å². The average molecular weight is 355 g/mol. The number of amides is 1. The van der Waals surface area contributed by atoms with Gasteiger partial charge < -0.3 is 19.7 Å². The van der Waals surface area contributed by atoms with Crippen LogP contribution in [0.3, 0.4) is 0 Å². The molecule has 1 aromatic carbocycles. The standard InChI is InChI=1S/C20H25N3O3/c1-14-7-10-23(11-8-14)20(24)17-12-16(6-9-21-17)22-15-4-5-18(25-2)19(13-15)26-3/h4-6,9,12-14H,7-8,10-11H2,1-3H3,(H,21,22). The minimum absolute atomic E-state index is 0.00661. The molecular weight excluding hydrogens is 330 g/mol. The van der Waals surface area contributed by atoms with Gasteiger partial charge in [0.2, 0.25) is 0 Å². The van der Waals surface area contributed by atoms with Gasteiger partial charge in [0.1, 0.15) is 5.69 Å². The van der Waals surface area contributed by atoms with E-state index >= 15 is 0 Å². The van der Waals surface area contributed by atoms with E-state index in [1.165, 1.54) is 0 Å². The van der Waals surface area contributed by atoms with E-state index in [1.807, 2.05) is 29.2 Å². The molecule has 0 saturated carbocycles. The number of hydrogen-bond acceptors (Lipinski definition) is 5. The molecule has 1 saturated heterocycles. The molecule has 3 rings (SSSR count). The molecule has 0 unspecified atom stereocenters. The zero-order valence-electron chi connectivity index (χ0n) is 15.5. The normalized spacial score (nSPS) is 14.8. The van der Waals surface area contributed by atoms with Crippen LogP contribution in [-0.2, 0) is 0 Å². The molecule has 0 bridgehead atoms. The molecule has 0 aliphatic carbocycles. The molecule has 0 spiro atoms. The highest BCUT2D eigenvalue weighted by Gasteiger charge is 2.22. The Balaban J connectivity index is 1.74. The first kappa shape index (κ1) is 18.0. The number of rotatable bonds is 5. The van der Waals surface area contributed by atoms with Crippen molar-refractivity contribution in [3.8, 4) is 11.5 Å². The van der Waals surface area contributed by atoms with E-state index in [2.05, 4.69) is 17.2 Å². The second-order valence-corrected chi connectivity index (χ2v) is 6.60. The third kappa shape index (κ3) is 4.07. The van der Waals surface area contributed by atoms with Crippen LogP contribution >= 0.6 is 0 Å². The smallest absolute Gasteiger partial charge is 0.272 e. The summed E-state index contributed by atoms with van der Waals surface area (Å²) in [5, 5.41) is 3.29. The lowest BCUT2D eigenvalue weighted by atomic mass is 9.99. The Hall–Kier alpha value is -2.76. The van der Waals surface area contributed by atoms with E-state index in [0.29, 0.717) is 23.1 Å². The molecule has 6 heteroatoms. The van der Waals surface area contributed by atoms with Crippen LogP contribution in [0, 0.1) is 5.92 Å². The Morgan fingerprint density at radius 1 is 1.08 bits per heavy atom. The van der Waals surface area contributed by atoms with Crippen LogP contribution in [-0.4, -0.2) is 43.1 Å². The van der Waals surface area contributed by atoms with Crippen LogP contribution in [0.25, 0.3) is 0 Å². The number of pyridine rings is 1. The summed E-state index contributed by atoms with van der Waals surface area (Å²) in [7, 11) is 3.21. The molecule has 0 radical (unpaired) electrons. The van der Waals surface area contributed by atoms with Crippen LogP contribution in [0.5, 0.6) is 11.5 Å². The maximum atomic E-state index is 12.7. The molecule has 6 nitrogen and oxygen atoms in total. The Morgan fingerprint density at radius 3 is 2.46 bits per heavy atom. The molecule has 26 heavy (non-hydrogen) atoms. The number of aromatic nitrogens is 1. The van der Waals surface area contributed by atoms with Crippen LogP contribution in [0.2, 0.25) is 0 Å². The summed E-state index contributed by atoms with van der Waals surface area (Å²) < 4.78 is 10.6. The van der Waals surface area contributed by atoms with Crippen molar-refractivity contribution in [2.75, 3.05) is 32.6 Å². The molecule has 1 aliphatic heterocycles. The fourth-order valence-corrected chi connectivity index (χ4v) is 3.08. The van der Waals surface area contributed by atoms with Crippen molar-refractivity contribution in [3.05, 3.63) is 42.2 Å². The summed E-state index contributed by atoms with van der Waals surface area (Å²) in [6, 6.07) is 9.22. The molecule has 1 N–H and O–H groups in total. The van der Waals surface area contributed by atoms with Crippen molar-refractivity contribution in [2.45, 2.75) is 19.8 Å². The second-order valence-electron chi connectivity index (χ2n) is 6.60. The van der Waals surface area contributed by atoms with Crippen LogP contribution in [0.15, 0.2) is 36.5 Å². The third-order valence-corrected chi connectivity index (χ3v) is 4.72. The number of benzene rings is 1. The lowest BCUT2D eigenvalue weighted by Crippen LogP contribution is -2.38. The summed E-state index contributed by atoms with van der Waals surface area (Å²) in [4.78, 5) is 18.8. The summed E-state index contributed by atoms with van der Waals surface area (Å²) in [5.74, 6) is 1.99. The molecule has 1 amide bonds. The van der Waals surface area contributed by atoms with Crippen molar-refractivity contribution < 1.29 is 14.3 Å². The molecule has 1 aromatic heterocycles. The fraction of sp³-hybridized carbons (Fsp3) is 0.400. The van der Waals surface area contributed by atoms with Gasteiger partial charge in [-0.3, -0.25) is 9.78 Å². The number of methoxy groups -OCH3 is 2.